The fourth-order valence-electron chi connectivity index (χ4n) is 1.59. The Kier molecular flexibility index (Phi) is 3.50. The number of H-pyrrole nitrogens is 1. The molecule has 0 radical (unpaired) electrons. The van der Waals surface area contributed by atoms with E-state index in [0.717, 1.165) is 6.42 Å². The molecular formula is C11H19N3O. The summed E-state index contributed by atoms with van der Waals surface area (Å²) in [5.41, 5.74) is 6.25. The number of nitrogens with two attached hydrogens (primary N) is 1. The SMILES string of the molecule is CC(C)Cc1nc(N)c(C(C)C)c(=O)[nH]1. The van der Waals surface area contributed by atoms with Crippen LogP contribution in [0.25, 0.3) is 0 Å². The van der Waals surface area contributed by atoms with Gasteiger partial charge in [0, 0.05) is 6.42 Å². The molecule has 1 heterocycles. The maximum absolute atomic E-state index is 11.7. The van der Waals surface area contributed by atoms with Gasteiger partial charge in [-0.15, -0.1) is 0 Å². The number of hydrogen-bond acceptors (Lipinski definition) is 3. The average molecular weight is 209 g/mol. The Labute approximate surface area is 89.9 Å². The molecule has 0 amide bonds. The Bertz CT molecular complexity index is 393. The Morgan fingerprint density at radius 1 is 1.33 bits per heavy atom. The number of nitrogen functional groups attached to an aromatic ring is 1. The molecule has 84 valence electrons. The van der Waals surface area contributed by atoms with Crippen LogP contribution in [0.1, 0.15) is 45.0 Å². The Balaban J connectivity index is 3.14. The Morgan fingerprint density at radius 2 is 1.93 bits per heavy atom. The lowest BCUT2D eigenvalue weighted by Crippen LogP contribution is -2.21. The molecule has 0 saturated heterocycles. The lowest BCUT2D eigenvalue weighted by atomic mass is 10.1. The van der Waals surface area contributed by atoms with E-state index in [9.17, 15) is 4.79 Å². The van der Waals surface area contributed by atoms with Crippen molar-refractivity contribution in [2.45, 2.75) is 40.0 Å². The van der Waals surface area contributed by atoms with Crippen molar-refractivity contribution in [3.63, 3.8) is 0 Å². The summed E-state index contributed by atoms with van der Waals surface area (Å²) in [5.74, 6) is 1.60. The Morgan fingerprint density at radius 3 is 2.33 bits per heavy atom. The zero-order valence-electron chi connectivity index (χ0n) is 9.79. The molecule has 15 heavy (non-hydrogen) atoms. The number of rotatable bonds is 3. The van der Waals surface area contributed by atoms with E-state index in [0.29, 0.717) is 23.1 Å². The third-order valence-corrected chi connectivity index (χ3v) is 2.21. The van der Waals surface area contributed by atoms with Crippen LogP contribution in [-0.4, -0.2) is 9.97 Å². The number of nitrogens with zero attached hydrogens (tertiary/aromatic N) is 1. The molecule has 4 nitrogen and oxygen atoms in total. The monoisotopic (exact) mass is 209 g/mol. The van der Waals surface area contributed by atoms with Crippen LogP contribution in [0.3, 0.4) is 0 Å². The van der Waals surface area contributed by atoms with Crippen LogP contribution >= 0.6 is 0 Å². The molecule has 0 saturated carbocycles. The van der Waals surface area contributed by atoms with Gasteiger partial charge in [0.1, 0.15) is 11.6 Å². The molecule has 0 fully saturated rings. The van der Waals surface area contributed by atoms with E-state index in [1.54, 1.807) is 0 Å². The van der Waals surface area contributed by atoms with Gasteiger partial charge in [0.05, 0.1) is 5.56 Å². The van der Waals surface area contributed by atoms with Gasteiger partial charge in [-0.3, -0.25) is 4.79 Å². The van der Waals surface area contributed by atoms with Crippen molar-refractivity contribution in [3.05, 3.63) is 21.7 Å². The van der Waals surface area contributed by atoms with Gasteiger partial charge in [0.15, 0.2) is 0 Å². The highest BCUT2D eigenvalue weighted by molar-refractivity contribution is 5.39. The van der Waals surface area contributed by atoms with Crippen LogP contribution in [0, 0.1) is 5.92 Å². The van der Waals surface area contributed by atoms with E-state index in [1.807, 2.05) is 13.8 Å². The van der Waals surface area contributed by atoms with Gasteiger partial charge in [0.2, 0.25) is 0 Å². The first-order valence-corrected chi connectivity index (χ1v) is 5.30. The van der Waals surface area contributed by atoms with Gasteiger partial charge >= 0.3 is 0 Å². The second-order valence-corrected chi connectivity index (χ2v) is 4.56. The number of hydrogen-bond donors (Lipinski definition) is 2. The number of aromatic amines is 1. The first kappa shape index (κ1) is 11.8. The van der Waals surface area contributed by atoms with Crippen molar-refractivity contribution in [3.8, 4) is 0 Å². The van der Waals surface area contributed by atoms with Crippen molar-refractivity contribution in [1.82, 2.24) is 9.97 Å². The lowest BCUT2D eigenvalue weighted by molar-refractivity contribution is 0.617. The lowest BCUT2D eigenvalue weighted by Gasteiger charge is -2.10. The van der Waals surface area contributed by atoms with Gasteiger partial charge in [-0.05, 0) is 11.8 Å². The molecule has 0 aliphatic heterocycles. The zero-order chi connectivity index (χ0) is 11.6. The number of nitrogens with one attached hydrogen (secondary N) is 1. The summed E-state index contributed by atoms with van der Waals surface area (Å²) in [5, 5.41) is 0. The molecule has 0 aliphatic rings. The van der Waals surface area contributed by atoms with E-state index in [4.69, 9.17) is 5.73 Å². The summed E-state index contributed by atoms with van der Waals surface area (Å²) >= 11 is 0. The van der Waals surface area contributed by atoms with E-state index in [-0.39, 0.29) is 11.5 Å². The summed E-state index contributed by atoms with van der Waals surface area (Å²) < 4.78 is 0. The van der Waals surface area contributed by atoms with Crippen LogP contribution < -0.4 is 11.3 Å². The predicted molar refractivity (Wildman–Crippen MR) is 61.9 cm³/mol. The fraction of sp³-hybridized carbons (Fsp3) is 0.636. The van der Waals surface area contributed by atoms with E-state index >= 15 is 0 Å². The third-order valence-electron chi connectivity index (χ3n) is 2.21. The summed E-state index contributed by atoms with van der Waals surface area (Å²) in [4.78, 5) is 18.7. The van der Waals surface area contributed by atoms with Gasteiger partial charge < -0.3 is 10.7 Å². The van der Waals surface area contributed by atoms with E-state index in [2.05, 4.69) is 23.8 Å². The second kappa shape index (κ2) is 4.47. The summed E-state index contributed by atoms with van der Waals surface area (Å²) in [6.45, 7) is 8.02. The molecule has 0 spiro atoms. The van der Waals surface area contributed by atoms with Gasteiger partial charge in [-0.2, -0.15) is 0 Å². The van der Waals surface area contributed by atoms with Crippen LogP contribution in [0.5, 0.6) is 0 Å². The summed E-state index contributed by atoms with van der Waals surface area (Å²) in [6.07, 6.45) is 0.748. The minimum atomic E-state index is -0.104. The molecule has 0 atom stereocenters. The third kappa shape index (κ3) is 2.81. The minimum Gasteiger partial charge on any atom is -0.383 e. The minimum absolute atomic E-state index is 0.104. The van der Waals surface area contributed by atoms with Crippen LogP contribution in [0.2, 0.25) is 0 Å². The average Bonchev–Trinajstić information content (AvgIpc) is 1.99. The highest BCUT2D eigenvalue weighted by Crippen LogP contribution is 2.15. The maximum Gasteiger partial charge on any atom is 0.256 e. The molecule has 4 heteroatoms. The van der Waals surface area contributed by atoms with Crippen molar-refractivity contribution in [2.24, 2.45) is 5.92 Å². The van der Waals surface area contributed by atoms with E-state index < -0.39 is 0 Å². The zero-order valence-corrected chi connectivity index (χ0v) is 9.79. The van der Waals surface area contributed by atoms with Gasteiger partial charge in [-0.25, -0.2) is 4.98 Å². The predicted octanol–water partition coefficient (Wildman–Crippen LogP) is 1.67. The van der Waals surface area contributed by atoms with Crippen molar-refractivity contribution in [2.75, 3.05) is 5.73 Å². The molecule has 1 rings (SSSR count). The first-order valence-electron chi connectivity index (χ1n) is 5.30. The topological polar surface area (TPSA) is 71.8 Å². The first-order chi connectivity index (χ1) is 6.91. The highest BCUT2D eigenvalue weighted by atomic mass is 16.1. The number of anilines is 1. The van der Waals surface area contributed by atoms with Crippen molar-refractivity contribution in [1.29, 1.82) is 0 Å². The second-order valence-electron chi connectivity index (χ2n) is 4.56. The largest absolute Gasteiger partial charge is 0.383 e. The van der Waals surface area contributed by atoms with Crippen LogP contribution in [0.4, 0.5) is 5.82 Å². The van der Waals surface area contributed by atoms with E-state index in [1.165, 1.54) is 0 Å². The smallest absolute Gasteiger partial charge is 0.256 e. The molecule has 1 aromatic rings. The molecule has 1 aromatic heterocycles. The molecule has 0 aromatic carbocycles. The fourth-order valence-corrected chi connectivity index (χ4v) is 1.59. The highest BCUT2D eigenvalue weighted by Gasteiger charge is 2.12. The molecule has 3 N–H and O–H groups in total. The summed E-state index contributed by atoms with van der Waals surface area (Å²) in [6, 6.07) is 0. The van der Waals surface area contributed by atoms with Gasteiger partial charge in [0.25, 0.3) is 5.56 Å². The summed E-state index contributed by atoms with van der Waals surface area (Å²) in [7, 11) is 0. The normalized spacial score (nSPS) is 11.3. The Hall–Kier alpha value is -1.32. The van der Waals surface area contributed by atoms with Crippen molar-refractivity contribution >= 4 is 5.82 Å². The standard InChI is InChI=1S/C11H19N3O/c1-6(2)5-8-13-10(12)9(7(3)4)11(15)14-8/h6-7H,5H2,1-4H3,(H3,12,13,14,15). The van der Waals surface area contributed by atoms with Gasteiger partial charge in [-0.1, -0.05) is 27.7 Å². The molecule has 0 unspecified atom stereocenters. The van der Waals surface area contributed by atoms with Crippen LogP contribution in [-0.2, 0) is 6.42 Å². The maximum atomic E-state index is 11.7. The molecule has 0 bridgehead atoms. The number of aromatic nitrogens is 2. The van der Waals surface area contributed by atoms with Crippen LogP contribution in [0.15, 0.2) is 4.79 Å². The molecular weight excluding hydrogens is 190 g/mol. The quantitative estimate of drug-likeness (QED) is 0.795. The molecule has 0 aliphatic carbocycles. The van der Waals surface area contributed by atoms with Crippen molar-refractivity contribution < 1.29 is 0 Å².